The van der Waals surface area contributed by atoms with Gasteiger partial charge in [0.15, 0.2) is 0 Å². The van der Waals surface area contributed by atoms with Crippen LogP contribution in [0.3, 0.4) is 0 Å². The molecule has 0 bridgehead atoms. The van der Waals surface area contributed by atoms with Crippen molar-refractivity contribution in [2.24, 2.45) is 0 Å². The minimum absolute atomic E-state index is 0.158. The fourth-order valence-corrected chi connectivity index (χ4v) is 3.19. The van der Waals surface area contributed by atoms with E-state index in [0.29, 0.717) is 30.3 Å². The van der Waals surface area contributed by atoms with Crippen molar-refractivity contribution in [1.29, 1.82) is 0 Å². The molecule has 0 saturated carbocycles. The third-order valence-electron chi connectivity index (χ3n) is 4.33. The van der Waals surface area contributed by atoms with E-state index in [0.717, 1.165) is 11.1 Å². The Labute approximate surface area is 143 Å². The first-order valence-corrected chi connectivity index (χ1v) is 7.88. The quantitative estimate of drug-likeness (QED) is 0.774. The van der Waals surface area contributed by atoms with Crippen LogP contribution in [0, 0.1) is 5.82 Å². The third kappa shape index (κ3) is 2.53. The van der Waals surface area contributed by atoms with Crippen molar-refractivity contribution in [2.45, 2.75) is 6.04 Å². The van der Waals surface area contributed by atoms with Gasteiger partial charge in [0.25, 0.3) is 5.91 Å². The van der Waals surface area contributed by atoms with Gasteiger partial charge in [-0.1, -0.05) is 0 Å². The molecule has 3 aromatic rings. The van der Waals surface area contributed by atoms with E-state index < -0.39 is 6.04 Å². The van der Waals surface area contributed by atoms with Crippen LogP contribution in [-0.4, -0.2) is 41.3 Å². The highest BCUT2D eigenvalue weighted by Gasteiger charge is 2.43. The van der Waals surface area contributed by atoms with Crippen LogP contribution in [0.5, 0.6) is 0 Å². The first kappa shape index (κ1) is 15.6. The predicted molar refractivity (Wildman–Crippen MR) is 87.4 cm³/mol. The van der Waals surface area contributed by atoms with Crippen LogP contribution in [0.2, 0.25) is 0 Å². The lowest BCUT2D eigenvalue weighted by molar-refractivity contribution is 0.0660. The van der Waals surface area contributed by atoms with E-state index in [1.54, 1.807) is 36.5 Å². The molecule has 6 nitrogen and oxygen atoms in total. The minimum atomic E-state index is -0.397. The van der Waals surface area contributed by atoms with E-state index in [1.165, 1.54) is 12.1 Å². The van der Waals surface area contributed by atoms with Crippen LogP contribution in [-0.2, 0) is 4.74 Å². The maximum absolute atomic E-state index is 13.2. The number of furan rings is 1. The second-order valence-electron chi connectivity index (χ2n) is 5.78. The van der Waals surface area contributed by atoms with Crippen molar-refractivity contribution in [1.82, 2.24) is 15.1 Å². The number of methoxy groups -OCH3 is 1. The summed E-state index contributed by atoms with van der Waals surface area (Å²) >= 11 is 0. The zero-order valence-electron chi connectivity index (χ0n) is 13.5. The number of fused-ring (bicyclic) bond motifs is 1. The molecule has 1 N–H and O–H groups in total. The van der Waals surface area contributed by atoms with Crippen LogP contribution < -0.4 is 0 Å². The molecule has 128 valence electrons. The lowest BCUT2D eigenvalue weighted by atomic mass is 10.00. The molecule has 0 fully saturated rings. The Balaban J connectivity index is 1.83. The third-order valence-corrected chi connectivity index (χ3v) is 4.33. The van der Waals surface area contributed by atoms with Gasteiger partial charge in [0.05, 0.1) is 18.6 Å². The topological polar surface area (TPSA) is 71.4 Å². The molecule has 7 heteroatoms. The van der Waals surface area contributed by atoms with Crippen LogP contribution in [0.1, 0.15) is 27.9 Å². The lowest BCUT2D eigenvalue weighted by Crippen LogP contribution is -2.32. The number of nitrogens with one attached hydrogen (secondary N) is 1. The average molecular weight is 341 g/mol. The molecule has 4 rings (SSSR count). The van der Waals surface area contributed by atoms with Gasteiger partial charge in [-0.15, -0.1) is 0 Å². The van der Waals surface area contributed by atoms with Gasteiger partial charge >= 0.3 is 0 Å². The molecule has 3 heterocycles. The maximum atomic E-state index is 13.2. The molecule has 0 aliphatic carbocycles. The number of ether oxygens (including phenoxy) is 1. The van der Waals surface area contributed by atoms with Gasteiger partial charge in [-0.3, -0.25) is 9.89 Å². The molecular formula is C18H16FN3O3. The van der Waals surface area contributed by atoms with Gasteiger partial charge in [-0.2, -0.15) is 5.10 Å². The fourth-order valence-electron chi connectivity index (χ4n) is 3.19. The number of hydrogen-bond acceptors (Lipinski definition) is 4. The van der Waals surface area contributed by atoms with Gasteiger partial charge in [0, 0.05) is 24.8 Å². The van der Waals surface area contributed by atoms with Crippen molar-refractivity contribution >= 4 is 5.91 Å². The number of amides is 1. The zero-order chi connectivity index (χ0) is 17.4. The number of rotatable bonds is 5. The second kappa shape index (κ2) is 6.18. The Morgan fingerprint density at radius 3 is 2.80 bits per heavy atom. The number of H-pyrrole nitrogens is 1. The van der Waals surface area contributed by atoms with Crippen LogP contribution in [0.15, 0.2) is 47.1 Å². The van der Waals surface area contributed by atoms with Crippen molar-refractivity contribution in [3.63, 3.8) is 0 Å². The van der Waals surface area contributed by atoms with E-state index in [-0.39, 0.29) is 11.7 Å². The summed E-state index contributed by atoms with van der Waals surface area (Å²) in [6, 6.07) is 9.25. The summed E-state index contributed by atoms with van der Waals surface area (Å²) in [6.45, 7) is 0.832. The average Bonchev–Trinajstić information content (AvgIpc) is 3.33. The Hall–Kier alpha value is -2.93. The molecule has 1 atom stereocenters. The second-order valence-corrected chi connectivity index (χ2v) is 5.78. The monoisotopic (exact) mass is 341 g/mol. The number of nitrogens with zero attached hydrogens (tertiary/aromatic N) is 2. The Morgan fingerprint density at radius 2 is 2.12 bits per heavy atom. The largest absolute Gasteiger partial charge is 0.467 e. The Bertz CT molecular complexity index is 887. The number of carbonyl (C=O) groups is 1. The number of aromatic nitrogens is 2. The zero-order valence-corrected chi connectivity index (χ0v) is 13.5. The Kier molecular flexibility index (Phi) is 3.85. The number of aromatic amines is 1. The highest BCUT2D eigenvalue weighted by Crippen LogP contribution is 2.42. The molecule has 2 aromatic heterocycles. The van der Waals surface area contributed by atoms with Gasteiger partial charge < -0.3 is 14.1 Å². The molecule has 1 aromatic carbocycles. The van der Waals surface area contributed by atoms with E-state index in [2.05, 4.69) is 10.2 Å². The number of carbonyl (C=O) groups excluding carboxylic acids is 1. The van der Waals surface area contributed by atoms with Crippen LogP contribution in [0.4, 0.5) is 4.39 Å². The molecule has 0 spiro atoms. The van der Waals surface area contributed by atoms with E-state index in [4.69, 9.17) is 9.15 Å². The minimum Gasteiger partial charge on any atom is -0.467 e. The standard InChI is InChI=1S/C18H16FN3O3/c1-24-10-8-22-17(13-3-2-9-25-13)14-15(20-21-16(14)18(22)23)11-4-6-12(19)7-5-11/h2-7,9,17H,8,10H2,1H3,(H,20,21)/t17-/m1/s1. The summed E-state index contributed by atoms with van der Waals surface area (Å²) in [5.41, 5.74) is 2.51. The van der Waals surface area contributed by atoms with Gasteiger partial charge in [-0.25, -0.2) is 4.39 Å². The van der Waals surface area contributed by atoms with Gasteiger partial charge in [-0.05, 0) is 36.4 Å². The smallest absolute Gasteiger partial charge is 0.273 e. The first-order chi connectivity index (χ1) is 12.2. The molecule has 0 saturated heterocycles. The van der Waals surface area contributed by atoms with E-state index >= 15 is 0 Å². The van der Waals surface area contributed by atoms with Gasteiger partial charge in [0.1, 0.15) is 23.3 Å². The van der Waals surface area contributed by atoms with Crippen molar-refractivity contribution in [3.8, 4) is 11.3 Å². The summed E-state index contributed by atoms with van der Waals surface area (Å²) in [4.78, 5) is 14.5. The van der Waals surface area contributed by atoms with Crippen LogP contribution >= 0.6 is 0 Å². The Morgan fingerprint density at radius 1 is 1.32 bits per heavy atom. The van der Waals surface area contributed by atoms with Crippen LogP contribution in [0.25, 0.3) is 11.3 Å². The summed E-state index contributed by atoms with van der Waals surface area (Å²) in [5, 5.41) is 7.13. The number of hydrogen-bond donors (Lipinski definition) is 1. The number of halogens is 1. The van der Waals surface area contributed by atoms with Crippen molar-refractivity contribution < 1.29 is 18.3 Å². The maximum Gasteiger partial charge on any atom is 0.273 e. The summed E-state index contributed by atoms with van der Waals surface area (Å²) in [7, 11) is 1.59. The van der Waals surface area contributed by atoms with E-state index in [1.807, 2.05) is 6.07 Å². The molecule has 1 aliphatic heterocycles. The van der Waals surface area contributed by atoms with Gasteiger partial charge in [0.2, 0.25) is 0 Å². The molecule has 1 aliphatic rings. The predicted octanol–water partition coefficient (Wildman–Crippen LogP) is 3.00. The summed E-state index contributed by atoms with van der Waals surface area (Å²) in [5.74, 6) is 0.165. The fraction of sp³-hybridized carbons (Fsp3) is 0.222. The molecular weight excluding hydrogens is 325 g/mol. The van der Waals surface area contributed by atoms with Crippen molar-refractivity contribution in [2.75, 3.05) is 20.3 Å². The SMILES string of the molecule is COCCN1C(=O)c2[nH]nc(-c3ccc(F)cc3)c2[C@H]1c1ccco1. The van der Waals surface area contributed by atoms with Crippen molar-refractivity contribution in [3.05, 3.63) is 65.5 Å². The molecule has 25 heavy (non-hydrogen) atoms. The molecule has 0 unspecified atom stereocenters. The summed E-state index contributed by atoms with van der Waals surface area (Å²) in [6.07, 6.45) is 1.57. The van der Waals surface area contributed by atoms with E-state index in [9.17, 15) is 9.18 Å². The summed E-state index contributed by atoms with van der Waals surface area (Å²) < 4.78 is 24.0. The molecule has 0 radical (unpaired) electrons. The molecule has 1 amide bonds. The lowest BCUT2D eigenvalue weighted by Gasteiger charge is -2.24. The highest BCUT2D eigenvalue weighted by molar-refractivity contribution is 6.00. The normalized spacial score (nSPS) is 16.5. The number of benzene rings is 1. The first-order valence-electron chi connectivity index (χ1n) is 7.88. The highest BCUT2D eigenvalue weighted by atomic mass is 19.1.